The van der Waals surface area contributed by atoms with Crippen molar-refractivity contribution < 1.29 is 19.4 Å². The van der Waals surface area contributed by atoms with Crippen LogP contribution in [0.5, 0.6) is 5.75 Å². The maximum Gasteiger partial charge on any atom is 0.337 e. The van der Waals surface area contributed by atoms with Crippen molar-refractivity contribution in [2.24, 2.45) is 0 Å². The highest BCUT2D eigenvalue weighted by molar-refractivity contribution is 6.00. The summed E-state index contributed by atoms with van der Waals surface area (Å²) in [5.41, 5.74) is 1.58. The van der Waals surface area contributed by atoms with E-state index in [4.69, 9.17) is 9.84 Å². The molecule has 2 aromatic rings. The van der Waals surface area contributed by atoms with Crippen LogP contribution in [0.15, 0.2) is 48.5 Å². The van der Waals surface area contributed by atoms with Crippen LogP contribution in [0, 0.1) is 0 Å². The number of benzene rings is 2. The molecule has 0 aromatic heterocycles. The number of aryl methyl sites for hydroxylation is 1. The van der Waals surface area contributed by atoms with E-state index in [0.29, 0.717) is 5.75 Å². The first-order chi connectivity index (χ1) is 11.1. The average Bonchev–Trinajstić information content (AvgIpc) is 2.56. The first-order valence-electron chi connectivity index (χ1n) is 7.44. The van der Waals surface area contributed by atoms with Crippen molar-refractivity contribution in [3.05, 3.63) is 59.7 Å². The van der Waals surface area contributed by atoms with Crippen LogP contribution in [0.4, 0.5) is 5.69 Å². The van der Waals surface area contributed by atoms with Crippen molar-refractivity contribution in [3.8, 4) is 5.75 Å². The Hall–Kier alpha value is -2.82. The minimum atomic E-state index is -1.08. The fourth-order valence-corrected chi connectivity index (χ4v) is 2.07. The number of carbonyl (C=O) groups excluding carboxylic acids is 1. The minimum Gasteiger partial charge on any atom is -0.493 e. The van der Waals surface area contributed by atoms with Gasteiger partial charge in [-0.05, 0) is 36.2 Å². The molecule has 0 unspecified atom stereocenters. The zero-order chi connectivity index (χ0) is 16.7. The predicted octanol–water partition coefficient (Wildman–Crippen LogP) is 3.35. The molecule has 0 aliphatic carbocycles. The van der Waals surface area contributed by atoms with Crippen LogP contribution in [0.25, 0.3) is 0 Å². The number of hydrogen-bond donors (Lipinski definition) is 2. The summed E-state index contributed by atoms with van der Waals surface area (Å²) in [6.45, 7) is 2.31. The smallest absolute Gasteiger partial charge is 0.337 e. The molecule has 23 heavy (non-hydrogen) atoms. The number of carboxylic acids is 1. The zero-order valence-corrected chi connectivity index (χ0v) is 12.9. The van der Waals surface area contributed by atoms with Gasteiger partial charge in [0.25, 0.3) is 0 Å². The van der Waals surface area contributed by atoms with Gasteiger partial charge in [0.2, 0.25) is 5.91 Å². The molecule has 120 valence electrons. The number of carbonyl (C=O) groups is 2. The first kappa shape index (κ1) is 16.5. The van der Waals surface area contributed by atoms with Gasteiger partial charge in [0.15, 0.2) is 0 Å². The lowest BCUT2D eigenvalue weighted by atomic mass is 10.2. The zero-order valence-electron chi connectivity index (χ0n) is 12.9. The van der Waals surface area contributed by atoms with Crippen LogP contribution in [-0.2, 0) is 11.2 Å². The third-order valence-corrected chi connectivity index (χ3v) is 3.36. The Labute approximate surface area is 134 Å². The highest BCUT2D eigenvalue weighted by Gasteiger charge is 2.11. The molecule has 2 N–H and O–H groups in total. The molecule has 0 fully saturated rings. The second-order valence-electron chi connectivity index (χ2n) is 4.99. The Balaban J connectivity index is 1.84. The number of carboxylic acid groups (broad SMARTS) is 1. The van der Waals surface area contributed by atoms with E-state index in [0.717, 1.165) is 6.42 Å². The van der Waals surface area contributed by atoms with Crippen LogP contribution >= 0.6 is 0 Å². The summed E-state index contributed by atoms with van der Waals surface area (Å²) in [6, 6.07) is 14.0. The molecule has 5 heteroatoms. The molecule has 2 aromatic carbocycles. The molecule has 0 aliphatic heterocycles. The number of ether oxygens (including phenoxy) is 1. The number of para-hydroxylation sites is 1. The Kier molecular flexibility index (Phi) is 5.74. The van der Waals surface area contributed by atoms with E-state index in [9.17, 15) is 9.59 Å². The van der Waals surface area contributed by atoms with Gasteiger partial charge in [0.05, 0.1) is 24.3 Å². The van der Waals surface area contributed by atoms with E-state index in [1.165, 1.54) is 11.6 Å². The number of rotatable bonds is 7. The summed E-state index contributed by atoms with van der Waals surface area (Å²) in [6.07, 6.45) is 1.11. The van der Waals surface area contributed by atoms with Gasteiger partial charge < -0.3 is 15.2 Å². The monoisotopic (exact) mass is 313 g/mol. The lowest BCUT2D eigenvalue weighted by molar-refractivity contribution is -0.116. The summed E-state index contributed by atoms with van der Waals surface area (Å²) in [4.78, 5) is 23.0. The fourth-order valence-electron chi connectivity index (χ4n) is 2.07. The van der Waals surface area contributed by atoms with E-state index in [2.05, 4.69) is 12.2 Å². The lowest BCUT2D eigenvalue weighted by Crippen LogP contribution is -2.17. The third kappa shape index (κ3) is 4.85. The Morgan fingerprint density at radius 1 is 1.09 bits per heavy atom. The molecule has 2 rings (SSSR count). The third-order valence-electron chi connectivity index (χ3n) is 3.36. The van der Waals surface area contributed by atoms with E-state index < -0.39 is 5.97 Å². The fraction of sp³-hybridized carbons (Fsp3) is 0.222. The number of anilines is 1. The van der Waals surface area contributed by atoms with Crippen molar-refractivity contribution in [1.29, 1.82) is 0 Å². The van der Waals surface area contributed by atoms with Crippen LogP contribution in [-0.4, -0.2) is 23.6 Å². The van der Waals surface area contributed by atoms with E-state index >= 15 is 0 Å². The Morgan fingerprint density at radius 2 is 1.78 bits per heavy atom. The number of aromatic carboxylic acids is 1. The Morgan fingerprint density at radius 3 is 2.43 bits per heavy atom. The van der Waals surface area contributed by atoms with Crippen LogP contribution in [0.3, 0.4) is 0 Å². The predicted molar refractivity (Wildman–Crippen MR) is 88.0 cm³/mol. The average molecular weight is 313 g/mol. The van der Waals surface area contributed by atoms with Crippen molar-refractivity contribution in [1.82, 2.24) is 0 Å². The summed E-state index contributed by atoms with van der Waals surface area (Å²) in [5, 5.41) is 11.7. The molecule has 0 heterocycles. The SMILES string of the molecule is CCc1ccc(OCCC(=O)Nc2ccccc2C(=O)O)cc1. The summed E-state index contributed by atoms with van der Waals surface area (Å²) >= 11 is 0. The molecular formula is C18H19NO4. The van der Waals surface area contributed by atoms with Crippen LogP contribution < -0.4 is 10.1 Å². The lowest BCUT2D eigenvalue weighted by Gasteiger charge is -2.09. The molecule has 1 amide bonds. The van der Waals surface area contributed by atoms with Gasteiger partial charge in [0, 0.05) is 0 Å². The van der Waals surface area contributed by atoms with Gasteiger partial charge >= 0.3 is 5.97 Å². The Bertz CT molecular complexity index is 680. The van der Waals surface area contributed by atoms with Gasteiger partial charge in [-0.1, -0.05) is 31.2 Å². The van der Waals surface area contributed by atoms with Crippen LogP contribution in [0.1, 0.15) is 29.3 Å². The number of amides is 1. The highest BCUT2D eigenvalue weighted by atomic mass is 16.5. The molecule has 0 radical (unpaired) electrons. The van der Waals surface area contributed by atoms with Gasteiger partial charge in [-0.2, -0.15) is 0 Å². The molecule has 0 saturated heterocycles. The van der Waals surface area contributed by atoms with Crippen molar-refractivity contribution in [2.45, 2.75) is 19.8 Å². The first-order valence-corrected chi connectivity index (χ1v) is 7.44. The number of hydrogen-bond acceptors (Lipinski definition) is 3. The summed E-state index contributed by atoms with van der Waals surface area (Å²) in [7, 11) is 0. The number of nitrogens with one attached hydrogen (secondary N) is 1. The normalized spacial score (nSPS) is 10.1. The van der Waals surface area contributed by atoms with Crippen molar-refractivity contribution in [3.63, 3.8) is 0 Å². The maximum atomic E-state index is 11.9. The summed E-state index contributed by atoms with van der Waals surface area (Å²) < 4.78 is 5.51. The molecular weight excluding hydrogens is 294 g/mol. The van der Waals surface area contributed by atoms with Gasteiger partial charge in [-0.3, -0.25) is 4.79 Å². The molecule has 0 aliphatic rings. The van der Waals surface area contributed by atoms with Crippen molar-refractivity contribution >= 4 is 17.6 Å². The van der Waals surface area contributed by atoms with Gasteiger partial charge in [-0.15, -0.1) is 0 Å². The minimum absolute atomic E-state index is 0.0666. The largest absolute Gasteiger partial charge is 0.493 e. The van der Waals surface area contributed by atoms with Crippen LogP contribution in [0.2, 0.25) is 0 Å². The molecule has 0 saturated carbocycles. The molecule has 0 bridgehead atoms. The van der Waals surface area contributed by atoms with E-state index in [1.54, 1.807) is 18.2 Å². The maximum absolute atomic E-state index is 11.9. The topological polar surface area (TPSA) is 75.6 Å². The van der Waals surface area contributed by atoms with Crippen molar-refractivity contribution in [2.75, 3.05) is 11.9 Å². The quantitative estimate of drug-likeness (QED) is 0.822. The molecule has 5 nitrogen and oxygen atoms in total. The van der Waals surface area contributed by atoms with Gasteiger partial charge in [0.1, 0.15) is 5.75 Å². The van der Waals surface area contributed by atoms with E-state index in [1.807, 2.05) is 24.3 Å². The second-order valence-corrected chi connectivity index (χ2v) is 4.99. The standard InChI is InChI=1S/C18H19NO4/c1-2-13-7-9-14(10-8-13)23-12-11-17(20)19-16-6-4-3-5-15(16)18(21)22/h3-10H,2,11-12H2,1H3,(H,19,20)(H,21,22). The van der Waals surface area contributed by atoms with E-state index in [-0.39, 0.29) is 30.2 Å². The summed E-state index contributed by atoms with van der Waals surface area (Å²) in [5.74, 6) is -0.655. The van der Waals surface area contributed by atoms with Gasteiger partial charge in [-0.25, -0.2) is 4.79 Å². The highest BCUT2D eigenvalue weighted by Crippen LogP contribution is 2.16. The molecule has 0 atom stereocenters. The molecule has 0 spiro atoms. The second kappa shape index (κ2) is 7.98.